The van der Waals surface area contributed by atoms with Gasteiger partial charge in [-0.15, -0.1) is 0 Å². The second kappa shape index (κ2) is 10.1. The average molecular weight is 535 g/mol. The Morgan fingerprint density at radius 1 is 1.18 bits per heavy atom. The first-order chi connectivity index (χ1) is 18.7. The molecule has 1 atom stereocenters. The largest absolute Gasteiger partial charge is 0.354 e. The van der Waals surface area contributed by atoms with Crippen LogP contribution in [0.4, 0.5) is 8.78 Å². The summed E-state index contributed by atoms with van der Waals surface area (Å²) in [7, 11) is 0. The zero-order chi connectivity index (χ0) is 27.3. The molecule has 0 saturated carbocycles. The molecule has 0 radical (unpaired) electrons. The molecule has 1 N–H and O–H groups in total. The Kier molecular flexibility index (Phi) is 6.75. The van der Waals surface area contributed by atoms with Gasteiger partial charge in [0, 0.05) is 42.2 Å². The zero-order valence-corrected chi connectivity index (χ0v) is 22.8. The number of rotatable bonds is 7. The van der Waals surface area contributed by atoms with Crippen molar-refractivity contribution in [3.8, 4) is 11.3 Å². The van der Waals surface area contributed by atoms with Crippen LogP contribution < -0.4 is 0 Å². The first-order valence-corrected chi connectivity index (χ1v) is 14.0. The van der Waals surface area contributed by atoms with Crippen molar-refractivity contribution in [3.05, 3.63) is 53.5 Å². The van der Waals surface area contributed by atoms with Gasteiger partial charge in [-0.1, -0.05) is 19.9 Å². The molecule has 39 heavy (non-hydrogen) atoms. The number of aldehydes is 1. The number of aromatic nitrogens is 4. The van der Waals surface area contributed by atoms with Crippen LogP contribution in [0.15, 0.2) is 36.8 Å². The van der Waals surface area contributed by atoms with E-state index in [1.54, 1.807) is 11.2 Å². The topological polar surface area (TPSA) is 69.5 Å². The maximum Gasteiger partial charge on any atom is 0.261 e. The van der Waals surface area contributed by atoms with Gasteiger partial charge in [0.2, 0.25) is 0 Å². The van der Waals surface area contributed by atoms with E-state index in [9.17, 15) is 13.6 Å². The molecule has 1 unspecified atom stereocenters. The van der Waals surface area contributed by atoms with Crippen LogP contribution in [0.5, 0.6) is 0 Å². The highest BCUT2D eigenvalue weighted by molar-refractivity contribution is 5.92. The number of benzene rings is 1. The monoisotopic (exact) mass is 534 g/mol. The maximum atomic E-state index is 13.7. The van der Waals surface area contributed by atoms with E-state index in [0.29, 0.717) is 18.4 Å². The fourth-order valence-electron chi connectivity index (χ4n) is 6.55. The lowest BCUT2D eigenvalue weighted by molar-refractivity contribution is -0.113. The molecule has 2 aliphatic heterocycles. The van der Waals surface area contributed by atoms with E-state index in [2.05, 4.69) is 65.0 Å². The molecule has 6 rings (SSSR count). The summed E-state index contributed by atoms with van der Waals surface area (Å²) >= 11 is 0. The third-order valence-electron chi connectivity index (χ3n) is 8.62. The highest BCUT2D eigenvalue weighted by Crippen LogP contribution is 2.39. The highest BCUT2D eigenvalue weighted by atomic mass is 19.3. The van der Waals surface area contributed by atoms with Crippen LogP contribution in [0.25, 0.3) is 27.8 Å². The number of nitrogens with one attached hydrogen (secondary N) is 1. The third kappa shape index (κ3) is 4.98. The number of pyridine rings is 1. The van der Waals surface area contributed by atoms with Crippen LogP contribution in [-0.4, -0.2) is 80.4 Å². The predicted octanol–water partition coefficient (Wildman–Crippen LogP) is 5.40. The van der Waals surface area contributed by atoms with Gasteiger partial charge in [0.15, 0.2) is 5.65 Å². The second-order valence-electron chi connectivity index (χ2n) is 11.7. The number of likely N-dealkylation sites (tertiary alicyclic amines) is 2. The number of nitrogens with zero attached hydrogens (tertiary/aromatic N) is 5. The van der Waals surface area contributed by atoms with Crippen molar-refractivity contribution in [3.63, 3.8) is 0 Å². The Morgan fingerprint density at radius 2 is 1.97 bits per heavy atom. The van der Waals surface area contributed by atoms with Gasteiger partial charge < -0.3 is 14.7 Å². The number of H-pyrrole nitrogens is 1. The van der Waals surface area contributed by atoms with Crippen molar-refractivity contribution in [1.82, 2.24) is 29.4 Å². The molecule has 0 bridgehead atoms. The predicted molar refractivity (Wildman–Crippen MR) is 149 cm³/mol. The molecule has 206 valence electrons. The number of hydrogen-bond donors (Lipinski definition) is 1. The van der Waals surface area contributed by atoms with Crippen LogP contribution in [0.3, 0.4) is 0 Å². The molecular weight excluding hydrogens is 498 g/mol. The number of carbonyl (C=O) groups excluding carboxylic acids is 1. The van der Waals surface area contributed by atoms with Gasteiger partial charge in [0.1, 0.15) is 12.6 Å². The van der Waals surface area contributed by atoms with Gasteiger partial charge in [-0.2, -0.15) is 5.10 Å². The lowest BCUT2D eigenvalue weighted by Crippen LogP contribution is -2.46. The summed E-state index contributed by atoms with van der Waals surface area (Å²) in [5.41, 5.74) is 7.94. The van der Waals surface area contributed by atoms with E-state index in [-0.39, 0.29) is 19.5 Å². The van der Waals surface area contributed by atoms with Crippen LogP contribution in [0.2, 0.25) is 0 Å². The van der Waals surface area contributed by atoms with Crippen LogP contribution >= 0.6 is 0 Å². The summed E-state index contributed by atoms with van der Waals surface area (Å²) in [6, 6.07) is 8.50. The normalized spacial score (nSPS) is 19.9. The number of piperidine rings is 1. The van der Waals surface area contributed by atoms with Gasteiger partial charge in [-0.3, -0.25) is 4.90 Å². The third-order valence-corrected chi connectivity index (χ3v) is 8.62. The van der Waals surface area contributed by atoms with Crippen molar-refractivity contribution in [1.29, 1.82) is 0 Å². The average Bonchev–Trinajstić information content (AvgIpc) is 3.63. The smallest absolute Gasteiger partial charge is 0.261 e. The van der Waals surface area contributed by atoms with Crippen molar-refractivity contribution in [2.45, 2.75) is 63.8 Å². The van der Waals surface area contributed by atoms with E-state index in [1.165, 1.54) is 16.5 Å². The summed E-state index contributed by atoms with van der Waals surface area (Å²) in [6.07, 6.45) is 6.30. The SMILES string of the molecule is Cc1cc(-c2[nH]c3ccc(C4CCN(CC(C=O)N5CCC(F)(F)C5)CC4)cc3c2C(C)C)cn2ncnc12. The molecule has 1 aromatic carbocycles. The fraction of sp³-hybridized carbons (Fsp3) is 0.500. The summed E-state index contributed by atoms with van der Waals surface area (Å²) in [5, 5.41) is 5.62. The second-order valence-corrected chi connectivity index (χ2v) is 11.7. The van der Waals surface area contributed by atoms with Crippen LogP contribution in [0, 0.1) is 6.92 Å². The molecule has 9 heteroatoms. The van der Waals surface area contributed by atoms with Gasteiger partial charge in [0.25, 0.3) is 5.92 Å². The molecule has 0 aliphatic carbocycles. The first-order valence-electron chi connectivity index (χ1n) is 14.0. The molecule has 2 aliphatic rings. The first kappa shape index (κ1) is 26.1. The maximum absolute atomic E-state index is 13.7. The molecule has 2 fully saturated rings. The summed E-state index contributed by atoms with van der Waals surface area (Å²) in [5.74, 6) is -1.92. The quantitative estimate of drug-likeness (QED) is 0.322. The Bertz CT molecular complexity index is 1500. The van der Waals surface area contributed by atoms with Crippen molar-refractivity contribution in [2.75, 3.05) is 32.7 Å². The molecule has 4 aromatic rings. The van der Waals surface area contributed by atoms with Gasteiger partial charge >= 0.3 is 0 Å². The molecular formula is C30H36F2N6O. The van der Waals surface area contributed by atoms with E-state index in [4.69, 9.17) is 0 Å². The Hall–Kier alpha value is -3.17. The lowest BCUT2D eigenvalue weighted by Gasteiger charge is -2.35. The number of aromatic amines is 1. The van der Waals surface area contributed by atoms with E-state index in [1.807, 2.05) is 10.7 Å². The van der Waals surface area contributed by atoms with E-state index < -0.39 is 12.0 Å². The molecule has 5 heterocycles. The summed E-state index contributed by atoms with van der Waals surface area (Å²) in [4.78, 5) is 23.7. The number of alkyl halides is 2. The minimum atomic E-state index is -2.68. The zero-order valence-electron chi connectivity index (χ0n) is 22.8. The van der Waals surface area contributed by atoms with Crippen molar-refractivity contribution in [2.24, 2.45) is 0 Å². The number of fused-ring (bicyclic) bond motifs is 2. The number of halogens is 2. The Labute approximate surface area is 227 Å². The fourth-order valence-corrected chi connectivity index (χ4v) is 6.55. The number of carbonyl (C=O) groups is 1. The summed E-state index contributed by atoms with van der Waals surface area (Å²) in [6.45, 7) is 8.77. The highest BCUT2D eigenvalue weighted by Gasteiger charge is 2.41. The number of aryl methyl sites for hydroxylation is 1. The van der Waals surface area contributed by atoms with Gasteiger partial charge in [0.05, 0.1) is 18.3 Å². The van der Waals surface area contributed by atoms with Crippen molar-refractivity contribution >= 4 is 22.8 Å². The summed E-state index contributed by atoms with van der Waals surface area (Å²) < 4.78 is 29.2. The molecule has 3 aromatic heterocycles. The molecule has 7 nitrogen and oxygen atoms in total. The number of hydrogen-bond acceptors (Lipinski definition) is 5. The molecule has 2 saturated heterocycles. The standard InChI is InChI=1S/C30H36F2N6O/c1-19(2)27-25-13-22(4-5-26(25)35-28(27)23-12-20(3)29-33-18-34-38(29)14-23)21-6-9-36(10-7-21)15-24(16-39)37-11-8-30(31,32)17-37/h4-5,12-14,16,18-19,21,24,35H,6-11,15,17H2,1-3H3. The Morgan fingerprint density at radius 3 is 2.67 bits per heavy atom. The van der Waals surface area contributed by atoms with Crippen LogP contribution in [-0.2, 0) is 4.79 Å². The molecule has 0 spiro atoms. The van der Waals surface area contributed by atoms with Gasteiger partial charge in [-0.05, 0) is 79.6 Å². The van der Waals surface area contributed by atoms with E-state index in [0.717, 1.165) is 60.2 Å². The lowest BCUT2D eigenvalue weighted by atomic mass is 9.87. The minimum absolute atomic E-state index is 0.157. The van der Waals surface area contributed by atoms with Gasteiger partial charge in [-0.25, -0.2) is 18.3 Å². The minimum Gasteiger partial charge on any atom is -0.354 e. The van der Waals surface area contributed by atoms with Crippen molar-refractivity contribution < 1.29 is 13.6 Å². The Balaban J connectivity index is 1.21. The van der Waals surface area contributed by atoms with Crippen LogP contribution in [0.1, 0.15) is 61.6 Å². The van der Waals surface area contributed by atoms with E-state index >= 15 is 0 Å². The molecule has 0 amide bonds.